The smallest absolute Gasteiger partial charge is 0.416 e. The third-order valence-corrected chi connectivity index (χ3v) is 8.11. The van der Waals surface area contributed by atoms with Gasteiger partial charge in [-0.05, 0) is 56.6 Å². The Bertz CT molecular complexity index is 1220. The largest absolute Gasteiger partial charge is 0.486 e. The maximum absolute atomic E-state index is 13.7. The summed E-state index contributed by atoms with van der Waals surface area (Å²) in [6, 6.07) is 9.41. The fourth-order valence-corrected chi connectivity index (χ4v) is 5.63. The Hall–Kier alpha value is -3.31. The molecule has 0 saturated heterocycles. The second kappa shape index (κ2) is 13.8. The van der Waals surface area contributed by atoms with Crippen molar-refractivity contribution in [3.05, 3.63) is 59.2 Å². The number of aliphatic hydroxyl groups is 1. The van der Waals surface area contributed by atoms with Crippen molar-refractivity contribution in [2.24, 2.45) is 5.92 Å². The molecular formula is C31H41F3N4O4. The lowest BCUT2D eigenvalue weighted by atomic mass is 9.96. The Morgan fingerprint density at radius 3 is 2.48 bits per heavy atom. The number of aliphatic hydroxyl groups excluding tert-OH is 1. The normalized spacial score (nSPS) is 20.8. The van der Waals surface area contributed by atoms with Crippen LogP contribution < -0.4 is 15.4 Å². The molecule has 11 heteroatoms. The lowest BCUT2D eigenvalue weighted by Crippen LogP contribution is -2.50. The summed E-state index contributed by atoms with van der Waals surface area (Å²) in [5, 5.41) is 15.8. The Balaban J connectivity index is 1.57. The highest BCUT2D eigenvalue weighted by atomic mass is 19.4. The molecule has 3 atom stereocenters. The number of halogens is 3. The van der Waals surface area contributed by atoms with E-state index in [-0.39, 0.29) is 41.8 Å². The van der Waals surface area contributed by atoms with Crippen LogP contribution in [0.5, 0.6) is 5.75 Å². The van der Waals surface area contributed by atoms with E-state index < -0.39 is 23.9 Å². The molecule has 3 amide bonds. The van der Waals surface area contributed by atoms with Crippen LogP contribution in [-0.2, 0) is 12.7 Å². The molecule has 1 aliphatic carbocycles. The molecule has 1 heterocycles. The number of carbonyl (C=O) groups excluding carboxylic acids is 2. The second-order valence-corrected chi connectivity index (χ2v) is 11.6. The number of likely N-dealkylation sites (N-methyl/N-ethyl adjacent to an activating group) is 1. The van der Waals surface area contributed by atoms with E-state index >= 15 is 0 Å². The first-order valence-corrected chi connectivity index (χ1v) is 14.6. The molecular weight excluding hydrogens is 549 g/mol. The number of nitrogens with one attached hydrogen (secondary N) is 2. The Kier molecular flexibility index (Phi) is 10.4. The van der Waals surface area contributed by atoms with Crippen molar-refractivity contribution in [1.29, 1.82) is 0 Å². The van der Waals surface area contributed by atoms with Gasteiger partial charge < -0.3 is 25.4 Å². The molecule has 3 N–H and O–H groups in total. The summed E-state index contributed by atoms with van der Waals surface area (Å²) in [6.07, 6.45) is 0.325. The van der Waals surface area contributed by atoms with Gasteiger partial charge in [0.1, 0.15) is 6.10 Å². The van der Waals surface area contributed by atoms with E-state index in [1.165, 1.54) is 12.1 Å². The molecule has 42 heavy (non-hydrogen) atoms. The fourth-order valence-electron chi connectivity index (χ4n) is 5.63. The van der Waals surface area contributed by atoms with Crippen LogP contribution in [0.1, 0.15) is 67.4 Å². The van der Waals surface area contributed by atoms with Gasteiger partial charge in [-0.15, -0.1) is 0 Å². The average Bonchev–Trinajstić information content (AvgIpc) is 2.95. The van der Waals surface area contributed by atoms with Crippen LogP contribution in [0.25, 0.3) is 0 Å². The van der Waals surface area contributed by atoms with Gasteiger partial charge in [-0.1, -0.05) is 44.4 Å². The number of carbonyl (C=O) groups is 2. The molecule has 1 fully saturated rings. The van der Waals surface area contributed by atoms with Gasteiger partial charge in [0.15, 0.2) is 5.75 Å². The van der Waals surface area contributed by atoms with E-state index in [1.807, 2.05) is 18.9 Å². The molecule has 0 unspecified atom stereocenters. The van der Waals surface area contributed by atoms with E-state index in [2.05, 4.69) is 10.6 Å². The standard InChI is InChI=1S/C31H41F3N4O4/c1-20-16-38(21(2)19-39)29(40)25-10-7-11-26(36-30(41)35-24-8-5-4-6-9-24)28(25)42-27(20)18-37(3)17-22-12-14-23(15-13-22)31(32,33)34/h7,10-15,20-21,24,27,39H,4-6,8-9,16-19H2,1-3H3,(H2,35,36,41)/t20-,21-,27+/m1/s1. The van der Waals surface area contributed by atoms with Crippen LogP contribution in [0.15, 0.2) is 42.5 Å². The molecule has 2 aromatic carbocycles. The van der Waals surface area contributed by atoms with Crippen molar-refractivity contribution in [1.82, 2.24) is 15.1 Å². The number of amides is 3. The minimum Gasteiger partial charge on any atom is -0.486 e. The number of anilines is 1. The van der Waals surface area contributed by atoms with Crippen molar-refractivity contribution < 1.29 is 32.6 Å². The van der Waals surface area contributed by atoms with E-state index in [0.717, 1.165) is 49.8 Å². The van der Waals surface area contributed by atoms with E-state index in [0.29, 0.717) is 25.3 Å². The summed E-state index contributed by atoms with van der Waals surface area (Å²) in [5.41, 5.74) is 0.679. The third-order valence-electron chi connectivity index (χ3n) is 8.11. The molecule has 8 nitrogen and oxygen atoms in total. The number of urea groups is 1. The van der Waals surface area contributed by atoms with Crippen LogP contribution in [-0.4, -0.2) is 71.8 Å². The highest BCUT2D eigenvalue weighted by Crippen LogP contribution is 2.35. The average molecular weight is 591 g/mol. The molecule has 1 saturated carbocycles. The molecule has 230 valence electrons. The summed E-state index contributed by atoms with van der Waals surface area (Å²) in [5.74, 6) is -0.211. The topological polar surface area (TPSA) is 94.1 Å². The van der Waals surface area contributed by atoms with Crippen LogP contribution in [0, 0.1) is 5.92 Å². The number of rotatable bonds is 8. The van der Waals surface area contributed by atoms with Gasteiger partial charge in [-0.2, -0.15) is 13.2 Å². The molecule has 2 aromatic rings. The first-order valence-electron chi connectivity index (χ1n) is 14.6. The maximum Gasteiger partial charge on any atom is 0.416 e. The van der Waals surface area contributed by atoms with Gasteiger partial charge in [-0.3, -0.25) is 9.69 Å². The summed E-state index contributed by atoms with van der Waals surface area (Å²) < 4.78 is 45.5. The SMILES string of the molecule is C[C@@H]1CN([C@H](C)CO)C(=O)c2cccc(NC(=O)NC3CCCCC3)c2O[C@H]1CN(C)Cc1ccc(C(F)(F)F)cc1. The predicted octanol–water partition coefficient (Wildman–Crippen LogP) is 5.51. The number of alkyl halides is 3. The first-order chi connectivity index (χ1) is 20.0. The maximum atomic E-state index is 13.7. The minimum absolute atomic E-state index is 0.0966. The molecule has 1 aliphatic heterocycles. The number of benzene rings is 2. The second-order valence-electron chi connectivity index (χ2n) is 11.6. The Labute approximate surface area is 245 Å². The van der Waals surface area contributed by atoms with E-state index in [1.54, 1.807) is 30.0 Å². The molecule has 0 aromatic heterocycles. The quantitative estimate of drug-likeness (QED) is 0.377. The molecule has 0 bridgehead atoms. The van der Waals surface area contributed by atoms with Crippen LogP contribution in [0.4, 0.5) is 23.7 Å². The Morgan fingerprint density at radius 2 is 1.83 bits per heavy atom. The highest BCUT2D eigenvalue weighted by Gasteiger charge is 2.35. The zero-order valence-electron chi connectivity index (χ0n) is 24.4. The monoisotopic (exact) mass is 590 g/mol. The van der Waals surface area contributed by atoms with Crippen molar-refractivity contribution in [3.8, 4) is 5.75 Å². The number of nitrogens with zero attached hydrogens (tertiary/aromatic N) is 2. The lowest BCUT2D eigenvalue weighted by Gasteiger charge is -2.38. The van der Waals surface area contributed by atoms with Crippen molar-refractivity contribution in [2.75, 3.05) is 32.1 Å². The number of fused-ring (bicyclic) bond motifs is 1. The highest BCUT2D eigenvalue weighted by molar-refractivity contribution is 6.01. The van der Waals surface area contributed by atoms with Gasteiger partial charge in [0, 0.05) is 31.6 Å². The first kappa shape index (κ1) is 31.6. The van der Waals surface area contributed by atoms with Gasteiger partial charge in [-0.25, -0.2) is 4.79 Å². The van der Waals surface area contributed by atoms with Gasteiger partial charge in [0.2, 0.25) is 0 Å². The summed E-state index contributed by atoms with van der Waals surface area (Å²) in [7, 11) is 1.86. The Morgan fingerprint density at radius 1 is 1.14 bits per heavy atom. The van der Waals surface area contributed by atoms with Gasteiger partial charge in [0.05, 0.1) is 29.5 Å². The van der Waals surface area contributed by atoms with Crippen LogP contribution >= 0.6 is 0 Å². The van der Waals surface area contributed by atoms with Gasteiger partial charge in [0.25, 0.3) is 5.91 Å². The third kappa shape index (κ3) is 7.95. The van der Waals surface area contributed by atoms with Crippen molar-refractivity contribution in [3.63, 3.8) is 0 Å². The van der Waals surface area contributed by atoms with Crippen molar-refractivity contribution in [2.45, 2.75) is 76.9 Å². The zero-order valence-corrected chi connectivity index (χ0v) is 24.4. The zero-order chi connectivity index (χ0) is 30.4. The summed E-state index contributed by atoms with van der Waals surface area (Å²) >= 11 is 0. The number of para-hydroxylation sites is 1. The molecule has 0 radical (unpaired) electrons. The molecule has 4 rings (SSSR count). The summed E-state index contributed by atoms with van der Waals surface area (Å²) in [4.78, 5) is 30.2. The van der Waals surface area contributed by atoms with Crippen LogP contribution in [0.2, 0.25) is 0 Å². The van der Waals surface area contributed by atoms with Gasteiger partial charge >= 0.3 is 12.2 Å². The lowest BCUT2D eigenvalue weighted by molar-refractivity contribution is -0.137. The molecule has 2 aliphatic rings. The van der Waals surface area contributed by atoms with Crippen molar-refractivity contribution >= 4 is 17.6 Å². The van der Waals surface area contributed by atoms with Crippen LogP contribution in [0.3, 0.4) is 0 Å². The summed E-state index contributed by atoms with van der Waals surface area (Å²) in [6.45, 7) is 4.64. The van der Waals surface area contributed by atoms with E-state index in [4.69, 9.17) is 4.74 Å². The van der Waals surface area contributed by atoms with E-state index in [9.17, 15) is 27.9 Å². The number of hydrogen-bond donors (Lipinski definition) is 3. The fraction of sp³-hybridized carbons (Fsp3) is 0.548. The molecule has 0 spiro atoms. The predicted molar refractivity (Wildman–Crippen MR) is 154 cm³/mol. The number of hydrogen-bond acceptors (Lipinski definition) is 5. The minimum atomic E-state index is -4.39. The number of ether oxygens (including phenoxy) is 1.